The van der Waals surface area contributed by atoms with E-state index in [1.807, 2.05) is 6.20 Å². The van der Waals surface area contributed by atoms with Gasteiger partial charge in [0.25, 0.3) is 0 Å². The van der Waals surface area contributed by atoms with Crippen LogP contribution < -0.4 is 10.2 Å². The molecule has 1 aliphatic heterocycles. The van der Waals surface area contributed by atoms with Crippen LogP contribution in [0, 0.1) is 6.92 Å². The first kappa shape index (κ1) is 12.4. The van der Waals surface area contributed by atoms with E-state index in [4.69, 9.17) is 0 Å². The molecule has 3 nitrogen and oxygen atoms in total. The maximum Gasteiger partial charge on any atom is 0.0415 e. The van der Waals surface area contributed by atoms with E-state index in [1.54, 1.807) is 0 Å². The topological polar surface area (TPSA) is 28.2 Å². The van der Waals surface area contributed by atoms with Crippen LogP contribution in [0.25, 0.3) is 0 Å². The number of nitrogens with one attached hydrogen (secondary N) is 1. The van der Waals surface area contributed by atoms with Gasteiger partial charge in [0.15, 0.2) is 0 Å². The minimum atomic E-state index is 0.656. The Kier molecular flexibility index (Phi) is 4.37. The molecule has 1 atom stereocenters. The molecule has 17 heavy (non-hydrogen) atoms. The largest absolute Gasteiger partial charge is 0.367 e. The summed E-state index contributed by atoms with van der Waals surface area (Å²) >= 11 is 0. The van der Waals surface area contributed by atoms with Gasteiger partial charge in [-0.2, -0.15) is 0 Å². The average molecular weight is 233 g/mol. The quantitative estimate of drug-likeness (QED) is 0.791. The standard InChI is InChI=1S/C14H23N3/c1-3-7-15-11-14-5-4-9-17(14)13-6-8-16-12(2)10-13/h6,8,10,14-15H,3-5,7,9,11H2,1-2H3. The van der Waals surface area contributed by atoms with Crippen molar-refractivity contribution in [1.29, 1.82) is 0 Å². The number of pyridine rings is 1. The molecule has 94 valence electrons. The van der Waals surface area contributed by atoms with Crippen molar-refractivity contribution in [3.8, 4) is 0 Å². The van der Waals surface area contributed by atoms with Crippen LogP contribution in [0.15, 0.2) is 18.3 Å². The summed E-state index contributed by atoms with van der Waals surface area (Å²) in [6.45, 7) is 7.69. The molecule has 0 aliphatic carbocycles. The molecule has 0 aromatic carbocycles. The van der Waals surface area contributed by atoms with Crippen molar-refractivity contribution >= 4 is 5.69 Å². The zero-order valence-electron chi connectivity index (χ0n) is 10.9. The number of anilines is 1. The molecular weight excluding hydrogens is 210 g/mol. The van der Waals surface area contributed by atoms with E-state index in [9.17, 15) is 0 Å². The molecule has 0 bridgehead atoms. The van der Waals surface area contributed by atoms with Crippen molar-refractivity contribution in [3.63, 3.8) is 0 Å². The van der Waals surface area contributed by atoms with Gasteiger partial charge in [-0.1, -0.05) is 6.92 Å². The molecule has 0 radical (unpaired) electrons. The minimum Gasteiger partial charge on any atom is -0.367 e. The molecule has 1 aliphatic rings. The number of rotatable bonds is 5. The summed E-state index contributed by atoms with van der Waals surface area (Å²) in [5, 5.41) is 3.53. The molecule has 1 unspecified atom stereocenters. The van der Waals surface area contributed by atoms with Gasteiger partial charge in [0.2, 0.25) is 0 Å². The summed E-state index contributed by atoms with van der Waals surface area (Å²) in [7, 11) is 0. The number of aromatic nitrogens is 1. The van der Waals surface area contributed by atoms with Crippen LogP contribution in [0.1, 0.15) is 31.9 Å². The maximum atomic E-state index is 4.27. The minimum absolute atomic E-state index is 0.656. The molecule has 3 heteroatoms. The zero-order valence-corrected chi connectivity index (χ0v) is 10.9. The second-order valence-electron chi connectivity index (χ2n) is 4.85. The number of aryl methyl sites for hydroxylation is 1. The molecule has 1 aromatic heterocycles. The van der Waals surface area contributed by atoms with Crippen molar-refractivity contribution in [1.82, 2.24) is 10.3 Å². The summed E-state index contributed by atoms with van der Waals surface area (Å²) < 4.78 is 0. The lowest BCUT2D eigenvalue weighted by Gasteiger charge is -2.27. The third kappa shape index (κ3) is 3.19. The second-order valence-corrected chi connectivity index (χ2v) is 4.85. The first-order chi connectivity index (χ1) is 8.31. The summed E-state index contributed by atoms with van der Waals surface area (Å²) in [5.41, 5.74) is 2.44. The van der Waals surface area contributed by atoms with Gasteiger partial charge in [-0.3, -0.25) is 4.98 Å². The van der Waals surface area contributed by atoms with Gasteiger partial charge in [0, 0.05) is 36.7 Å². The Bertz CT molecular complexity index is 351. The fourth-order valence-electron chi connectivity index (χ4n) is 2.54. The smallest absolute Gasteiger partial charge is 0.0415 e. The van der Waals surface area contributed by atoms with Crippen molar-refractivity contribution in [2.45, 2.75) is 39.2 Å². The molecule has 0 amide bonds. The number of hydrogen-bond acceptors (Lipinski definition) is 3. The van der Waals surface area contributed by atoms with E-state index in [0.717, 1.165) is 18.8 Å². The first-order valence-corrected chi connectivity index (χ1v) is 6.71. The summed E-state index contributed by atoms with van der Waals surface area (Å²) in [4.78, 5) is 6.79. The fraction of sp³-hybridized carbons (Fsp3) is 0.643. The highest BCUT2D eigenvalue weighted by atomic mass is 15.2. The molecule has 2 heterocycles. The fourth-order valence-corrected chi connectivity index (χ4v) is 2.54. The second kappa shape index (κ2) is 6.01. The van der Waals surface area contributed by atoms with Crippen LogP contribution in [-0.4, -0.2) is 30.7 Å². The van der Waals surface area contributed by atoms with E-state index >= 15 is 0 Å². The van der Waals surface area contributed by atoms with Crippen LogP contribution in [0.4, 0.5) is 5.69 Å². The lowest BCUT2D eigenvalue weighted by Crippen LogP contribution is -2.38. The Morgan fingerprint density at radius 1 is 1.53 bits per heavy atom. The molecule has 2 rings (SSSR count). The van der Waals surface area contributed by atoms with E-state index in [0.29, 0.717) is 6.04 Å². The van der Waals surface area contributed by atoms with Gasteiger partial charge in [-0.05, 0) is 44.9 Å². The molecule has 0 spiro atoms. The Morgan fingerprint density at radius 3 is 3.18 bits per heavy atom. The predicted molar refractivity (Wildman–Crippen MR) is 72.5 cm³/mol. The molecule has 1 aromatic rings. The van der Waals surface area contributed by atoms with Gasteiger partial charge in [-0.15, -0.1) is 0 Å². The van der Waals surface area contributed by atoms with Gasteiger partial charge in [-0.25, -0.2) is 0 Å². The van der Waals surface area contributed by atoms with Gasteiger partial charge in [0.1, 0.15) is 0 Å². The lowest BCUT2D eigenvalue weighted by atomic mass is 10.2. The maximum absolute atomic E-state index is 4.27. The highest BCUT2D eigenvalue weighted by Crippen LogP contribution is 2.25. The van der Waals surface area contributed by atoms with Crippen LogP contribution in [0.3, 0.4) is 0 Å². The highest BCUT2D eigenvalue weighted by molar-refractivity contribution is 5.48. The van der Waals surface area contributed by atoms with Crippen molar-refractivity contribution in [3.05, 3.63) is 24.0 Å². The number of nitrogens with zero attached hydrogens (tertiary/aromatic N) is 2. The monoisotopic (exact) mass is 233 g/mol. The third-order valence-corrected chi connectivity index (χ3v) is 3.40. The first-order valence-electron chi connectivity index (χ1n) is 6.71. The van der Waals surface area contributed by atoms with Gasteiger partial charge in [0.05, 0.1) is 0 Å². The van der Waals surface area contributed by atoms with Crippen LogP contribution in [-0.2, 0) is 0 Å². The summed E-state index contributed by atoms with van der Waals surface area (Å²) in [5.74, 6) is 0. The summed E-state index contributed by atoms with van der Waals surface area (Å²) in [6, 6.07) is 4.98. The highest BCUT2D eigenvalue weighted by Gasteiger charge is 2.24. The van der Waals surface area contributed by atoms with Gasteiger partial charge < -0.3 is 10.2 Å². The normalized spacial score (nSPS) is 19.9. The molecule has 1 N–H and O–H groups in total. The lowest BCUT2D eigenvalue weighted by molar-refractivity contribution is 0.571. The Labute approximate surface area is 104 Å². The van der Waals surface area contributed by atoms with E-state index in [-0.39, 0.29) is 0 Å². The average Bonchev–Trinajstić information content (AvgIpc) is 2.78. The van der Waals surface area contributed by atoms with E-state index in [2.05, 4.69) is 41.2 Å². The van der Waals surface area contributed by atoms with Crippen LogP contribution in [0.5, 0.6) is 0 Å². The molecule has 1 saturated heterocycles. The molecule has 1 fully saturated rings. The Balaban J connectivity index is 1.99. The van der Waals surface area contributed by atoms with Crippen molar-refractivity contribution in [2.24, 2.45) is 0 Å². The van der Waals surface area contributed by atoms with Crippen LogP contribution >= 0.6 is 0 Å². The Morgan fingerprint density at radius 2 is 2.41 bits per heavy atom. The van der Waals surface area contributed by atoms with Crippen LogP contribution in [0.2, 0.25) is 0 Å². The SMILES string of the molecule is CCCNCC1CCCN1c1ccnc(C)c1. The van der Waals surface area contributed by atoms with E-state index in [1.165, 1.54) is 31.5 Å². The van der Waals surface area contributed by atoms with Gasteiger partial charge >= 0.3 is 0 Å². The third-order valence-electron chi connectivity index (χ3n) is 3.40. The molecular formula is C14H23N3. The predicted octanol–water partition coefficient (Wildman–Crippen LogP) is 2.36. The summed E-state index contributed by atoms with van der Waals surface area (Å²) in [6.07, 6.45) is 5.73. The van der Waals surface area contributed by atoms with Crippen molar-refractivity contribution in [2.75, 3.05) is 24.5 Å². The number of hydrogen-bond donors (Lipinski definition) is 1. The molecule has 0 saturated carbocycles. The Hall–Kier alpha value is -1.09. The van der Waals surface area contributed by atoms with Crippen molar-refractivity contribution < 1.29 is 0 Å². The van der Waals surface area contributed by atoms with E-state index < -0.39 is 0 Å². The zero-order chi connectivity index (χ0) is 12.1.